The first kappa shape index (κ1) is 21.4. The molecule has 2 aromatic rings. The zero-order valence-corrected chi connectivity index (χ0v) is 18.4. The number of carbonyl (C=O) groups excluding carboxylic acids is 2. The van der Waals surface area contributed by atoms with E-state index in [4.69, 9.17) is 0 Å². The van der Waals surface area contributed by atoms with E-state index in [1.54, 1.807) is 0 Å². The van der Waals surface area contributed by atoms with Gasteiger partial charge in [-0.1, -0.05) is 48.5 Å². The molecule has 2 aliphatic heterocycles. The largest absolute Gasteiger partial charge is 0.354 e. The van der Waals surface area contributed by atoms with Gasteiger partial charge >= 0.3 is 6.03 Å². The van der Waals surface area contributed by atoms with E-state index in [0.29, 0.717) is 25.6 Å². The molecular weight excluding hydrogens is 388 g/mol. The van der Waals surface area contributed by atoms with Crippen molar-refractivity contribution in [3.05, 3.63) is 65.7 Å². The number of amides is 3. The van der Waals surface area contributed by atoms with Crippen molar-refractivity contribution in [2.45, 2.75) is 57.8 Å². The zero-order valence-electron chi connectivity index (χ0n) is 18.4. The third kappa shape index (κ3) is 5.07. The van der Waals surface area contributed by atoms with Gasteiger partial charge in [0.05, 0.1) is 6.42 Å². The fourth-order valence-electron chi connectivity index (χ4n) is 4.69. The van der Waals surface area contributed by atoms with Crippen molar-refractivity contribution in [2.75, 3.05) is 18.0 Å². The molecule has 2 aliphatic rings. The zero-order chi connectivity index (χ0) is 21.8. The summed E-state index contributed by atoms with van der Waals surface area (Å²) in [4.78, 5) is 29.7. The van der Waals surface area contributed by atoms with Crippen molar-refractivity contribution in [3.8, 4) is 0 Å². The van der Waals surface area contributed by atoms with Crippen LogP contribution in [0.25, 0.3) is 0 Å². The molecule has 0 aliphatic carbocycles. The summed E-state index contributed by atoms with van der Waals surface area (Å²) in [6, 6.07) is 18.6. The highest BCUT2D eigenvalue weighted by Gasteiger charge is 2.38. The molecule has 3 amide bonds. The van der Waals surface area contributed by atoms with E-state index in [9.17, 15) is 9.59 Å². The smallest absolute Gasteiger partial charge is 0.322 e. The number of hydrogen-bond acceptors (Lipinski definition) is 3. The van der Waals surface area contributed by atoms with Crippen molar-refractivity contribution < 1.29 is 9.59 Å². The third-order valence-electron chi connectivity index (χ3n) is 6.20. The highest BCUT2D eigenvalue weighted by Crippen LogP contribution is 2.34. The SMILES string of the molecule is CC(C)NC(=O)N1CC2CCC(CNC(=O)Cc3ccccc3)N2Cc2ccccc21. The minimum absolute atomic E-state index is 0.0380. The minimum Gasteiger partial charge on any atom is -0.354 e. The molecule has 2 N–H and O–H groups in total. The van der Waals surface area contributed by atoms with E-state index in [-0.39, 0.29) is 24.0 Å². The maximum absolute atomic E-state index is 12.9. The van der Waals surface area contributed by atoms with Gasteiger partial charge in [-0.2, -0.15) is 0 Å². The summed E-state index contributed by atoms with van der Waals surface area (Å²) in [5.74, 6) is 0.0582. The van der Waals surface area contributed by atoms with E-state index < -0.39 is 0 Å². The van der Waals surface area contributed by atoms with Gasteiger partial charge in [-0.05, 0) is 43.9 Å². The van der Waals surface area contributed by atoms with Gasteiger partial charge in [-0.25, -0.2) is 4.79 Å². The second-order valence-corrected chi connectivity index (χ2v) is 8.87. The maximum atomic E-state index is 12.9. The molecule has 0 aromatic heterocycles. The maximum Gasteiger partial charge on any atom is 0.322 e. The summed E-state index contributed by atoms with van der Waals surface area (Å²) in [7, 11) is 0. The molecule has 2 unspecified atom stereocenters. The van der Waals surface area contributed by atoms with Crippen LogP contribution in [0, 0.1) is 0 Å². The Morgan fingerprint density at radius 1 is 1.03 bits per heavy atom. The number of hydrogen-bond donors (Lipinski definition) is 2. The first-order chi connectivity index (χ1) is 15.0. The van der Waals surface area contributed by atoms with Gasteiger partial charge < -0.3 is 10.6 Å². The molecule has 2 heterocycles. The molecule has 0 saturated carbocycles. The molecule has 0 bridgehead atoms. The van der Waals surface area contributed by atoms with E-state index in [2.05, 4.69) is 21.6 Å². The Bertz CT molecular complexity index is 915. The van der Waals surface area contributed by atoms with Gasteiger partial charge in [0.1, 0.15) is 0 Å². The van der Waals surface area contributed by atoms with Gasteiger partial charge in [0.25, 0.3) is 0 Å². The Morgan fingerprint density at radius 3 is 2.55 bits per heavy atom. The molecule has 0 spiro atoms. The van der Waals surface area contributed by atoms with Crippen LogP contribution in [0.15, 0.2) is 54.6 Å². The Morgan fingerprint density at radius 2 is 1.77 bits per heavy atom. The number of urea groups is 1. The summed E-state index contributed by atoms with van der Waals surface area (Å²) >= 11 is 0. The van der Waals surface area contributed by atoms with Crippen molar-refractivity contribution in [3.63, 3.8) is 0 Å². The molecule has 1 saturated heterocycles. The topological polar surface area (TPSA) is 64.7 Å². The lowest BCUT2D eigenvalue weighted by Gasteiger charge is -2.30. The number of nitrogens with zero attached hydrogens (tertiary/aromatic N) is 2. The number of carbonyl (C=O) groups is 2. The van der Waals surface area contributed by atoms with Crippen LogP contribution in [0.3, 0.4) is 0 Å². The predicted molar refractivity (Wildman–Crippen MR) is 123 cm³/mol. The summed E-state index contributed by atoms with van der Waals surface area (Å²) < 4.78 is 0. The molecule has 2 aromatic carbocycles. The third-order valence-corrected chi connectivity index (χ3v) is 6.20. The lowest BCUT2D eigenvalue weighted by Crippen LogP contribution is -2.49. The Labute approximate surface area is 184 Å². The summed E-state index contributed by atoms with van der Waals surface area (Å²) in [5, 5.41) is 6.18. The second-order valence-electron chi connectivity index (χ2n) is 8.87. The molecule has 6 nitrogen and oxygen atoms in total. The lowest BCUT2D eigenvalue weighted by molar-refractivity contribution is -0.120. The first-order valence-corrected chi connectivity index (χ1v) is 11.2. The number of fused-ring (bicyclic) bond motifs is 2. The molecular formula is C25H32N4O2. The van der Waals surface area contributed by atoms with Crippen LogP contribution in [-0.4, -0.2) is 48.1 Å². The predicted octanol–water partition coefficient (Wildman–Crippen LogP) is 3.32. The average molecular weight is 421 g/mol. The van der Waals surface area contributed by atoms with Crippen LogP contribution in [0.2, 0.25) is 0 Å². The monoisotopic (exact) mass is 420 g/mol. The molecule has 6 heteroatoms. The molecule has 4 rings (SSSR count). The van der Waals surface area contributed by atoms with Crippen LogP contribution in [0.4, 0.5) is 10.5 Å². The van der Waals surface area contributed by atoms with Gasteiger partial charge in [-0.3, -0.25) is 14.6 Å². The molecule has 0 radical (unpaired) electrons. The highest BCUT2D eigenvalue weighted by molar-refractivity contribution is 5.93. The minimum atomic E-state index is -0.0380. The Hall–Kier alpha value is -2.86. The lowest BCUT2D eigenvalue weighted by atomic mass is 10.1. The van der Waals surface area contributed by atoms with Crippen LogP contribution >= 0.6 is 0 Å². The standard InChI is InChI=1S/C25H32N4O2/c1-18(2)27-25(31)29-17-22-13-12-21(28(22)16-20-10-6-7-11-23(20)29)15-26-24(30)14-19-8-4-3-5-9-19/h3-11,18,21-22H,12-17H2,1-2H3,(H,26,30)(H,27,31). The summed E-state index contributed by atoms with van der Waals surface area (Å²) in [6.07, 6.45) is 2.46. The number of nitrogens with one attached hydrogen (secondary N) is 2. The molecule has 1 fully saturated rings. The Balaban J connectivity index is 1.44. The highest BCUT2D eigenvalue weighted by atomic mass is 16.2. The van der Waals surface area contributed by atoms with Gasteiger partial charge in [0.15, 0.2) is 0 Å². The first-order valence-electron chi connectivity index (χ1n) is 11.2. The van der Waals surface area contributed by atoms with E-state index in [1.165, 1.54) is 0 Å². The van der Waals surface area contributed by atoms with Gasteiger partial charge in [-0.15, -0.1) is 0 Å². The van der Waals surface area contributed by atoms with Crippen molar-refractivity contribution >= 4 is 17.6 Å². The molecule has 164 valence electrons. The number of rotatable bonds is 5. The Kier molecular flexibility index (Phi) is 6.56. The van der Waals surface area contributed by atoms with Crippen molar-refractivity contribution in [1.82, 2.24) is 15.5 Å². The van der Waals surface area contributed by atoms with E-state index in [0.717, 1.165) is 36.2 Å². The number of benzene rings is 2. The van der Waals surface area contributed by atoms with Crippen molar-refractivity contribution in [2.24, 2.45) is 0 Å². The summed E-state index contributed by atoms with van der Waals surface area (Å²) in [5.41, 5.74) is 3.17. The summed E-state index contributed by atoms with van der Waals surface area (Å²) in [6.45, 7) is 6.08. The quantitative estimate of drug-likeness (QED) is 0.780. The van der Waals surface area contributed by atoms with Gasteiger partial charge in [0, 0.05) is 43.4 Å². The molecule has 2 atom stereocenters. The van der Waals surface area contributed by atoms with Crippen LogP contribution in [-0.2, 0) is 17.8 Å². The van der Waals surface area contributed by atoms with Crippen LogP contribution in [0.5, 0.6) is 0 Å². The normalized spacial score (nSPS) is 20.7. The van der Waals surface area contributed by atoms with E-state index in [1.807, 2.05) is 67.3 Å². The second kappa shape index (κ2) is 9.52. The number of anilines is 1. The van der Waals surface area contributed by atoms with Crippen molar-refractivity contribution in [1.29, 1.82) is 0 Å². The number of para-hydroxylation sites is 1. The molecule has 31 heavy (non-hydrogen) atoms. The average Bonchev–Trinajstić information content (AvgIpc) is 3.03. The fraction of sp³-hybridized carbons (Fsp3) is 0.440. The van der Waals surface area contributed by atoms with E-state index >= 15 is 0 Å². The van der Waals surface area contributed by atoms with Crippen LogP contribution in [0.1, 0.15) is 37.8 Å². The fourth-order valence-corrected chi connectivity index (χ4v) is 4.69. The van der Waals surface area contributed by atoms with Gasteiger partial charge in [0.2, 0.25) is 5.91 Å². The van der Waals surface area contributed by atoms with Crippen LogP contribution < -0.4 is 15.5 Å².